The van der Waals surface area contributed by atoms with Crippen LogP contribution in [0.3, 0.4) is 0 Å². The zero-order valence-electron chi connectivity index (χ0n) is 12.6. The first-order valence-electron chi connectivity index (χ1n) is 6.87. The molecule has 0 bridgehead atoms. The molecule has 112 valence electrons. The van der Waals surface area contributed by atoms with Gasteiger partial charge in [0.1, 0.15) is 5.75 Å². The van der Waals surface area contributed by atoms with Crippen molar-refractivity contribution in [2.75, 3.05) is 19.1 Å². The summed E-state index contributed by atoms with van der Waals surface area (Å²) >= 11 is 5.75. The van der Waals surface area contributed by atoms with E-state index in [-0.39, 0.29) is 6.04 Å². The number of ether oxygens (including phenoxy) is 1. The first-order valence-corrected chi connectivity index (χ1v) is 7.40. The van der Waals surface area contributed by atoms with Gasteiger partial charge in [-0.05, 0) is 25.0 Å². The van der Waals surface area contributed by atoms with Crippen LogP contribution in [-0.4, -0.2) is 30.2 Å². The van der Waals surface area contributed by atoms with Crippen molar-refractivity contribution in [3.05, 3.63) is 47.8 Å². The number of hydrogen-bond donors (Lipinski definition) is 0. The number of nitrogens with zero attached hydrogens (tertiary/aromatic N) is 3. The average molecular weight is 306 g/mol. The number of para-hydroxylation sites is 1. The first-order chi connectivity index (χ1) is 10.2. The lowest BCUT2D eigenvalue weighted by Crippen LogP contribution is -2.32. The van der Waals surface area contributed by atoms with Gasteiger partial charge >= 0.3 is 0 Å². The Kier molecular flexibility index (Phi) is 5.39. The molecule has 5 heteroatoms. The number of halogens is 1. The van der Waals surface area contributed by atoms with Gasteiger partial charge in [0.25, 0.3) is 0 Å². The number of alkyl halides is 1. The molecule has 21 heavy (non-hydrogen) atoms. The van der Waals surface area contributed by atoms with E-state index in [0.717, 1.165) is 17.7 Å². The fraction of sp³-hybridized carbons (Fsp3) is 0.375. The molecule has 1 heterocycles. The molecule has 0 spiro atoms. The molecule has 1 aromatic carbocycles. The molecule has 0 saturated heterocycles. The van der Waals surface area contributed by atoms with E-state index in [4.69, 9.17) is 16.3 Å². The Morgan fingerprint density at radius 2 is 1.90 bits per heavy atom. The van der Waals surface area contributed by atoms with Gasteiger partial charge in [-0.2, -0.15) is 0 Å². The van der Waals surface area contributed by atoms with Gasteiger partial charge in [-0.25, -0.2) is 9.97 Å². The van der Waals surface area contributed by atoms with Gasteiger partial charge in [0.2, 0.25) is 5.95 Å². The molecule has 4 nitrogen and oxygen atoms in total. The van der Waals surface area contributed by atoms with Gasteiger partial charge < -0.3 is 9.64 Å². The van der Waals surface area contributed by atoms with E-state index in [2.05, 4.69) is 27.9 Å². The fourth-order valence-electron chi connectivity index (χ4n) is 2.12. The van der Waals surface area contributed by atoms with Gasteiger partial charge in [0.05, 0.1) is 13.0 Å². The molecule has 0 radical (unpaired) electrons. The summed E-state index contributed by atoms with van der Waals surface area (Å²) in [6.45, 7) is 2.14. The number of aromatic nitrogens is 2. The highest BCUT2D eigenvalue weighted by Gasteiger charge is 2.15. The Morgan fingerprint density at radius 3 is 2.52 bits per heavy atom. The van der Waals surface area contributed by atoms with E-state index in [1.54, 1.807) is 19.5 Å². The topological polar surface area (TPSA) is 38.2 Å². The van der Waals surface area contributed by atoms with Crippen LogP contribution in [0.4, 0.5) is 5.95 Å². The van der Waals surface area contributed by atoms with Crippen molar-refractivity contribution in [3.63, 3.8) is 0 Å². The van der Waals surface area contributed by atoms with Crippen LogP contribution in [0.2, 0.25) is 0 Å². The Balaban J connectivity index is 2.09. The molecule has 0 N–H and O–H groups in total. The van der Waals surface area contributed by atoms with E-state index >= 15 is 0 Å². The highest BCUT2D eigenvalue weighted by atomic mass is 35.5. The Morgan fingerprint density at radius 1 is 1.24 bits per heavy atom. The molecule has 0 fully saturated rings. The molecule has 0 aliphatic heterocycles. The Labute approximate surface area is 130 Å². The zero-order valence-corrected chi connectivity index (χ0v) is 13.3. The smallest absolute Gasteiger partial charge is 0.225 e. The van der Waals surface area contributed by atoms with E-state index in [1.807, 2.05) is 25.2 Å². The predicted octanol–water partition coefficient (Wildman–Crippen LogP) is 3.29. The van der Waals surface area contributed by atoms with Crippen LogP contribution in [0.1, 0.15) is 18.1 Å². The lowest BCUT2D eigenvalue weighted by atomic mass is 10.1. The van der Waals surface area contributed by atoms with Gasteiger partial charge in [-0.1, -0.05) is 18.2 Å². The zero-order chi connectivity index (χ0) is 15.2. The second kappa shape index (κ2) is 7.27. The Bertz CT molecular complexity index is 574. The molecule has 1 aromatic heterocycles. The lowest BCUT2D eigenvalue weighted by molar-refractivity contribution is 0.408. The summed E-state index contributed by atoms with van der Waals surface area (Å²) < 4.78 is 5.40. The van der Waals surface area contributed by atoms with Crippen LogP contribution in [0, 0.1) is 0 Å². The van der Waals surface area contributed by atoms with Gasteiger partial charge in [-0.3, -0.25) is 0 Å². The van der Waals surface area contributed by atoms with Crippen molar-refractivity contribution in [3.8, 4) is 5.75 Å². The highest BCUT2D eigenvalue weighted by molar-refractivity contribution is 6.17. The quantitative estimate of drug-likeness (QED) is 0.768. The third-order valence-electron chi connectivity index (χ3n) is 3.53. The van der Waals surface area contributed by atoms with Crippen molar-refractivity contribution in [1.82, 2.24) is 9.97 Å². The summed E-state index contributed by atoms with van der Waals surface area (Å²) in [7, 11) is 3.69. The van der Waals surface area contributed by atoms with Crippen molar-refractivity contribution in [1.29, 1.82) is 0 Å². The van der Waals surface area contributed by atoms with Crippen LogP contribution >= 0.6 is 11.6 Å². The molecule has 2 rings (SSSR count). The van der Waals surface area contributed by atoms with E-state index < -0.39 is 0 Å². The minimum Gasteiger partial charge on any atom is -0.496 e. The van der Waals surface area contributed by atoms with E-state index in [0.29, 0.717) is 11.8 Å². The van der Waals surface area contributed by atoms with Crippen molar-refractivity contribution in [2.45, 2.75) is 25.3 Å². The summed E-state index contributed by atoms with van der Waals surface area (Å²) in [6.07, 6.45) is 4.39. The Hall–Kier alpha value is -1.81. The molecule has 1 unspecified atom stereocenters. The summed E-state index contributed by atoms with van der Waals surface area (Å²) in [6, 6.07) is 8.32. The molecular weight excluding hydrogens is 286 g/mol. The van der Waals surface area contributed by atoms with E-state index in [1.165, 1.54) is 5.56 Å². The van der Waals surface area contributed by atoms with Crippen molar-refractivity contribution in [2.24, 2.45) is 0 Å². The third-order valence-corrected chi connectivity index (χ3v) is 3.84. The van der Waals surface area contributed by atoms with Crippen molar-refractivity contribution < 1.29 is 4.74 Å². The summed E-state index contributed by atoms with van der Waals surface area (Å²) in [5.41, 5.74) is 2.10. The number of benzene rings is 1. The largest absolute Gasteiger partial charge is 0.496 e. The van der Waals surface area contributed by atoms with Crippen molar-refractivity contribution >= 4 is 17.5 Å². The SMILES string of the molecule is COc1ccccc1CC(C)N(C)c1ncc(CCl)cn1. The minimum atomic E-state index is 0.253. The third kappa shape index (κ3) is 3.85. The first kappa shape index (κ1) is 15.6. The lowest BCUT2D eigenvalue weighted by Gasteiger charge is -2.25. The maximum Gasteiger partial charge on any atom is 0.225 e. The normalized spacial score (nSPS) is 12.0. The molecular formula is C16H20ClN3O. The molecule has 2 aromatic rings. The number of hydrogen-bond acceptors (Lipinski definition) is 4. The number of methoxy groups -OCH3 is 1. The van der Waals surface area contributed by atoms with Gasteiger partial charge in [0, 0.05) is 31.0 Å². The second-order valence-corrected chi connectivity index (χ2v) is 5.27. The van der Waals surface area contributed by atoms with E-state index in [9.17, 15) is 0 Å². The maximum atomic E-state index is 5.75. The van der Waals surface area contributed by atoms with Crippen LogP contribution in [0.15, 0.2) is 36.7 Å². The monoisotopic (exact) mass is 305 g/mol. The second-order valence-electron chi connectivity index (χ2n) is 5.00. The number of anilines is 1. The number of likely N-dealkylation sites (N-methyl/N-ethyl adjacent to an activating group) is 1. The fourth-order valence-corrected chi connectivity index (χ4v) is 2.26. The standard InChI is InChI=1S/C16H20ClN3O/c1-12(8-14-6-4-5-7-15(14)21-3)20(2)16-18-10-13(9-17)11-19-16/h4-7,10-12H,8-9H2,1-3H3. The van der Waals surface area contributed by atoms with Crippen LogP contribution in [0.25, 0.3) is 0 Å². The molecule has 0 saturated carbocycles. The minimum absolute atomic E-state index is 0.253. The summed E-state index contributed by atoms with van der Waals surface area (Å²) in [4.78, 5) is 10.8. The molecule has 0 aliphatic carbocycles. The van der Waals surface area contributed by atoms with Gasteiger partial charge in [0.15, 0.2) is 0 Å². The average Bonchev–Trinajstić information content (AvgIpc) is 2.54. The maximum absolute atomic E-state index is 5.75. The highest BCUT2D eigenvalue weighted by Crippen LogP contribution is 2.21. The van der Waals surface area contributed by atoms with Crippen LogP contribution < -0.4 is 9.64 Å². The summed E-state index contributed by atoms with van der Waals surface area (Å²) in [5.74, 6) is 2.04. The van der Waals surface area contributed by atoms with Crippen LogP contribution in [0.5, 0.6) is 5.75 Å². The molecule has 1 atom stereocenters. The number of rotatable bonds is 6. The van der Waals surface area contributed by atoms with Gasteiger partial charge in [-0.15, -0.1) is 11.6 Å². The molecule has 0 aliphatic rings. The summed E-state index contributed by atoms with van der Waals surface area (Å²) in [5, 5.41) is 0. The molecule has 0 amide bonds. The predicted molar refractivity (Wildman–Crippen MR) is 86.2 cm³/mol. The van der Waals surface area contributed by atoms with Crippen LogP contribution in [-0.2, 0) is 12.3 Å².